The molecule has 1 saturated heterocycles. The van der Waals surface area contributed by atoms with Gasteiger partial charge in [0.2, 0.25) is 5.78 Å². The quantitative estimate of drug-likeness (QED) is 0.467. The molecule has 2 aliphatic rings. The standard InChI is InChI=1S/C17H19ClN2O5S/c1-10-4-2-3-7-17(10)15(23)20(16(24)19-17)8-14(22)25-9-11(21)12-5-6-13(18)26-12/h5-6,10H,2-4,7-9H2,1H3,(H,19,24)/t10-,17+/m0/s1. The van der Waals surface area contributed by atoms with Crippen LogP contribution in [-0.2, 0) is 14.3 Å². The summed E-state index contributed by atoms with van der Waals surface area (Å²) in [5.41, 5.74) is -0.918. The van der Waals surface area contributed by atoms with Crippen LogP contribution in [0, 0.1) is 5.92 Å². The monoisotopic (exact) mass is 398 g/mol. The minimum absolute atomic E-state index is 0.0128. The smallest absolute Gasteiger partial charge is 0.326 e. The minimum atomic E-state index is -0.918. The van der Waals surface area contributed by atoms with Crippen molar-refractivity contribution in [2.24, 2.45) is 5.92 Å². The number of thiophene rings is 1. The molecule has 2 fully saturated rings. The number of ether oxygens (including phenoxy) is 1. The first-order valence-electron chi connectivity index (χ1n) is 8.42. The summed E-state index contributed by atoms with van der Waals surface area (Å²) in [4.78, 5) is 50.2. The van der Waals surface area contributed by atoms with Crippen LogP contribution >= 0.6 is 22.9 Å². The van der Waals surface area contributed by atoms with Gasteiger partial charge in [0.15, 0.2) is 6.61 Å². The first-order valence-corrected chi connectivity index (χ1v) is 9.61. The molecule has 1 aliphatic heterocycles. The number of esters is 1. The number of hydrogen-bond acceptors (Lipinski definition) is 6. The van der Waals surface area contributed by atoms with Gasteiger partial charge < -0.3 is 10.1 Å². The van der Waals surface area contributed by atoms with E-state index in [0.29, 0.717) is 15.6 Å². The molecule has 3 amide bonds. The molecule has 1 aromatic rings. The number of ketones is 1. The van der Waals surface area contributed by atoms with E-state index in [2.05, 4.69) is 5.32 Å². The lowest BCUT2D eigenvalue weighted by atomic mass is 9.73. The van der Waals surface area contributed by atoms with Crippen molar-refractivity contribution in [1.29, 1.82) is 0 Å². The summed E-state index contributed by atoms with van der Waals surface area (Å²) in [6, 6.07) is 2.55. The van der Waals surface area contributed by atoms with Crippen LogP contribution in [-0.4, -0.2) is 47.3 Å². The Hall–Kier alpha value is -1.93. The number of hydrogen-bond donors (Lipinski definition) is 1. The lowest BCUT2D eigenvalue weighted by Crippen LogP contribution is -2.54. The zero-order valence-corrected chi connectivity index (χ0v) is 15.8. The van der Waals surface area contributed by atoms with Crippen molar-refractivity contribution in [1.82, 2.24) is 10.2 Å². The van der Waals surface area contributed by atoms with Gasteiger partial charge in [0.05, 0.1) is 9.21 Å². The maximum absolute atomic E-state index is 12.8. The van der Waals surface area contributed by atoms with Crippen molar-refractivity contribution >= 4 is 46.6 Å². The molecule has 2 heterocycles. The predicted octanol–water partition coefficient (Wildman–Crippen LogP) is 2.63. The van der Waals surface area contributed by atoms with E-state index in [-0.39, 0.29) is 17.6 Å². The zero-order chi connectivity index (χ0) is 18.9. The summed E-state index contributed by atoms with van der Waals surface area (Å²) in [5.74, 6) is -1.56. The molecule has 1 aliphatic carbocycles. The van der Waals surface area contributed by atoms with Gasteiger partial charge in [-0.25, -0.2) is 4.79 Å². The third-order valence-corrected chi connectivity index (χ3v) is 6.27. The topological polar surface area (TPSA) is 92.8 Å². The summed E-state index contributed by atoms with van der Waals surface area (Å²) >= 11 is 6.86. The molecule has 0 bridgehead atoms. The lowest BCUT2D eigenvalue weighted by Gasteiger charge is -2.36. The van der Waals surface area contributed by atoms with Crippen LogP contribution in [0.2, 0.25) is 4.34 Å². The molecule has 1 spiro atoms. The lowest BCUT2D eigenvalue weighted by molar-refractivity contribution is -0.147. The number of urea groups is 1. The molecule has 0 unspecified atom stereocenters. The SMILES string of the molecule is C[C@H]1CCCC[C@@]12NC(=O)N(CC(=O)OCC(=O)c1ccc(Cl)s1)C2=O. The summed E-state index contributed by atoms with van der Waals surface area (Å²) < 4.78 is 5.39. The van der Waals surface area contributed by atoms with E-state index in [9.17, 15) is 19.2 Å². The second-order valence-corrected chi connectivity index (χ2v) is 8.34. The van der Waals surface area contributed by atoms with Crippen LogP contribution in [0.5, 0.6) is 0 Å². The highest BCUT2D eigenvalue weighted by atomic mass is 35.5. The highest BCUT2D eigenvalue weighted by Gasteiger charge is 2.55. The number of amides is 3. The fraction of sp³-hybridized carbons (Fsp3) is 0.529. The van der Waals surface area contributed by atoms with Crippen molar-refractivity contribution in [2.75, 3.05) is 13.2 Å². The fourth-order valence-corrected chi connectivity index (χ4v) is 4.46. The van der Waals surface area contributed by atoms with Crippen molar-refractivity contribution in [3.05, 3.63) is 21.3 Å². The van der Waals surface area contributed by atoms with Crippen molar-refractivity contribution in [3.8, 4) is 0 Å². The summed E-state index contributed by atoms with van der Waals surface area (Å²) in [6.07, 6.45) is 3.29. The Morgan fingerprint density at radius 3 is 2.81 bits per heavy atom. The Morgan fingerprint density at radius 1 is 1.38 bits per heavy atom. The molecule has 7 nitrogen and oxygen atoms in total. The minimum Gasteiger partial charge on any atom is -0.456 e. The van der Waals surface area contributed by atoms with Gasteiger partial charge in [-0.15, -0.1) is 11.3 Å². The highest BCUT2D eigenvalue weighted by molar-refractivity contribution is 7.18. The molecule has 9 heteroatoms. The van der Waals surface area contributed by atoms with Crippen LogP contribution < -0.4 is 5.32 Å². The number of nitrogens with zero attached hydrogens (tertiary/aromatic N) is 1. The number of halogens is 1. The van der Waals surface area contributed by atoms with Gasteiger partial charge in [-0.3, -0.25) is 19.3 Å². The van der Waals surface area contributed by atoms with Gasteiger partial charge in [-0.1, -0.05) is 31.4 Å². The number of imide groups is 1. The average molecular weight is 399 g/mol. The van der Waals surface area contributed by atoms with Gasteiger partial charge in [0.25, 0.3) is 5.91 Å². The Kier molecular flexibility index (Phi) is 5.34. The van der Waals surface area contributed by atoms with Crippen LogP contribution in [0.25, 0.3) is 0 Å². The molecule has 140 valence electrons. The van der Waals surface area contributed by atoms with E-state index >= 15 is 0 Å². The number of rotatable bonds is 5. The van der Waals surface area contributed by atoms with E-state index in [4.69, 9.17) is 16.3 Å². The number of carbonyl (C=O) groups is 4. The molecular formula is C17H19ClN2O5S. The average Bonchev–Trinajstić information content (AvgIpc) is 3.13. The normalized spacial score (nSPS) is 25.5. The summed E-state index contributed by atoms with van der Waals surface area (Å²) in [6.45, 7) is 0.975. The van der Waals surface area contributed by atoms with Crippen LogP contribution in [0.1, 0.15) is 42.3 Å². The van der Waals surface area contributed by atoms with E-state index in [1.807, 2.05) is 6.92 Å². The number of nitrogens with one attached hydrogen (secondary N) is 1. The summed E-state index contributed by atoms with van der Waals surface area (Å²) in [7, 11) is 0. The molecule has 1 saturated carbocycles. The van der Waals surface area contributed by atoms with Crippen LogP contribution in [0.3, 0.4) is 0 Å². The molecule has 1 aromatic heterocycles. The Labute approximate surface area is 159 Å². The van der Waals surface area contributed by atoms with Crippen LogP contribution in [0.4, 0.5) is 4.79 Å². The molecule has 2 atom stereocenters. The van der Waals surface area contributed by atoms with Gasteiger partial charge in [0, 0.05) is 0 Å². The molecule has 3 rings (SSSR count). The third-order valence-electron chi connectivity index (χ3n) is 5.00. The second kappa shape index (κ2) is 7.36. The van der Waals surface area contributed by atoms with Crippen molar-refractivity contribution < 1.29 is 23.9 Å². The number of Topliss-reactive ketones (excluding diaryl/α,β-unsaturated/α-hetero) is 1. The third kappa shape index (κ3) is 3.48. The molecule has 0 radical (unpaired) electrons. The highest BCUT2D eigenvalue weighted by Crippen LogP contribution is 2.38. The fourth-order valence-electron chi connectivity index (χ4n) is 3.50. The van der Waals surface area contributed by atoms with E-state index in [1.54, 1.807) is 12.1 Å². The molecule has 1 N–H and O–H groups in total. The van der Waals surface area contributed by atoms with Gasteiger partial charge in [0.1, 0.15) is 12.1 Å². The first kappa shape index (κ1) is 18.8. The maximum Gasteiger partial charge on any atom is 0.326 e. The van der Waals surface area contributed by atoms with E-state index in [1.165, 1.54) is 0 Å². The number of carbonyl (C=O) groups excluding carboxylic acids is 4. The molecule has 26 heavy (non-hydrogen) atoms. The van der Waals surface area contributed by atoms with E-state index in [0.717, 1.165) is 35.5 Å². The molecular weight excluding hydrogens is 380 g/mol. The van der Waals surface area contributed by atoms with Gasteiger partial charge in [-0.05, 0) is 30.9 Å². The van der Waals surface area contributed by atoms with Crippen molar-refractivity contribution in [2.45, 2.75) is 38.1 Å². The largest absolute Gasteiger partial charge is 0.456 e. The molecule has 0 aromatic carbocycles. The maximum atomic E-state index is 12.8. The van der Waals surface area contributed by atoms with Crippen molar-refractivity contribution in [3.63, 3.8) is 0 Å². The zero-order valence-electron chi connectivity index (χ0n) is 14.2. The predicted molar refractivity (Wildman–Crippen MR) is 95.2 cm³/mol. The van der Waals surface area contributed by atoms with Crippen LogP contribution in [0.15, 0.2) is 12.1 Å². The van der Waals surface area contributed by atoms with Gasteiger partial charge in [-0.2, -0.15) is 0 Å². The Balaban J connectivity index is 1.58. The Morgan fingerprint density at radius 2 is 2.15 bits per heavy atom. The summed E-state index contributed by atoms with van der Waals surface area (Å²) in [5, 5.41) is 2.77. The second-order valence-electron chi connectivity index (χ2n) is 6.63. The van der Waals surface area contributed by atoms with E-state index < -0.39 is 30.7 Å². The van der Waals surface area contributed by atoms with Gasteiger partial charge >= 0.3 is 12.0 Å². The Bertz CT molecular complexity index is 764. The first-order chi connectivity index (χ1) is 12.3.